The van der Waals surface area contributed by atoms with Gasteiger partial charge >= 0.3 is 0 Å². The van der Waals surface area contributed by atoms with E-state index in [1.807, 2.05) is 38.1 Å². The summed E-state index contributed by atoms with van der Waals surface area (Å²) in [6, 6.07) is 11.4. The predicted octanol–water partition coefficient (Wildman–Crippen LogP) is 3.89. The first-order valence-electron chi connectivity index (χ1n) is 7.37. The predicted molar refractivity (Wildman–Crippen MR) is 94.5 cm³/mol. The van der Waals surface area contributed by atoms with E-state index in [-0.39, 0.29) is 5.91 Å². The third-order valence-corrected chi connectivity index (χ3v) is 4.89. The Bertz CT molecular complexity index is 855. The molecule has 0 aliphatic rings. The summed E-state index contributed by atoms with van der Waals surface area (Å²) in [5.74, 6) is -0.0823. The topological polar surface area (TPSA) is 70.0 Å². The van der Waals surface area contributed by atoms with Crippen LogP contribution in [0.3, 0.4) is 0 Å². The van der Waals surface area contributed by atoms with E-state index in [0.717, 1.165) is 27.9 Å². The quantitative estimate of drug-likeness (QED) is 0.893. The molecular formula is C18H22N2O2S. The van der Waals surface area contributed by atoms with Crippen LogP contribution in [0.25, 0.3) is 0 Å². The van der Waals surface area contributed by atoms with Gasteiger partial charge in [-0.05, 0) is 60.7 Å². The van der Waals surface area contributed by atoms with Crippen LogP contribution in [0.5, 0.6) is 0 Å². The van der Waals surface area contributed by atoms with Crippen molar-refractivity contribution in [1.29, 1.82) is 4.78 Å². The summed E-state index contributed by atoms with van der Waals surface area (Å²) in [5, 5.41) is 2.83. The summed E-state index contributed by atoms with van der Waals surface area (Å²) in [6.45, 7) is 5.47. The molecule has 0 spiro atoms. The van der Waals surface area contributed by atoms with Crippen LogP contribution in [0.15, 0.2) is 41.3 Å². The maximum atomic E-state index is 11.9. The molecule has 2 aromatic rings. The Morgan fingerprint density at radius 2 is 1.87 bits per heavy atom. The van der Waals surface area contributed by atoms with E-state index in [1.165, 1.54) is 13.2 Å². The molecule has 0 bridgehead atoms. The van der Waals surface area contributed by atoms with Crippen molar-refractivity contribution in [2.75, 3.05) is 11.6 Å². The number of anilines is 1. The fourth-order valence-corrected chi connectivity index (χ4v) is 3.22. The van der Waals surface area contributed by atoms with Gasteiger partial charge in [0.15, 0.2) is 0 Å². The van der Waals surface area contributed by atoms with E-state index in [2.05, 4.69) is 11.4 Å². The zero-order chi connectivity index (χ0) is 17.2. The number of aryl methyl sites for hydroxylation is 2. The molecule has 2 N–H and O–H groups in total. The summed E-state index contributed by atoms with van der Waals surface area (Å²) in [6.07, 6.45) is 2.14. The van der Waals surface area contributed by atoms with Crippen molar-refractivity contribution in [2.45, 2.75) is 32.1 Å². The highest BCUT2D eigenvalue weighted by atomic mass is 32.2. The first-order valence-corrected chi connectivity index (χ1v) is 9.34. The third-order valence-electron chi connectivity index (χ3n) is 3.74. The molecular weight excluding hydrogens is 308 g/mol. The van der Waals surface area contributed by atoms with Gasteiger partial charge in [0.1, 0.15) is 0 Å². The van der Waals surface area contributed by atoms with E-state index in [4.69, 9.17) is 4.78 Å². The van der Waals surface area contributed by atoms with Gasteiger partial charge in [-0.1, -0.05) is 18.2 Å². The molecule has 1 atom stereocenters. The Morgan fingerprint density at radius 3 is 2.48 bits per heavy atom. The largest absolute Gasteiger partial charge is 0.326 e. The lowest BCUT2D eigenvalue weighted by Crippen LogP contribution is -2.08. The average molecular weight is 330 g/mol. The molecule has 0 heterocycles. The molecule has 122 valence electrons. The van der Waals surface area contributed by atoms with Crippen molar-refractivity contribution in [1.82, 2.24) is 0 Å². The molecule has 2 aromatic carbocycles. The Balaban J connectivity index is 2.34. The monoisotopic (exact) mass is 330 g/mol. The van der Waals surface area contributed by atoms with Gasteiger partial charge in [-0.15, -0.1) is 0 Å². The van der Waals surface area contributed by atoms with Gasteiger partial charge in [0, 0.05) is 23.8 Å². The van der Waals surface area contributed by atoms with Crippen molar-refractivity contribution >= 4 is 21.3 Å². The van der Waals surface area contributed by atoms with E-state index < -0.39 is 9.73 Å². The van der Waals surface area contributed by atoms with Crippen LogP contribution in [0.4, 0.5) is 5.69 Å². The number of rotatable bonds is 4. The van der Waals surface area contributed by atoms with Gasteiger partial charge in [-0.3, -0.25) is 4.79 Å². The Hall–Kier alpha value is -2.14. The van der Waals surface area contributed by atoms with Crippen LogP contribution in [0.1, 0.15) is 29.2 Å². The average Bonchev–Trinajstić information content (AvgIpc) is 2.43. The second kappa shape index (κ2) is 6.54. The van der Waals surface area contributed by atoms with Gasteiger partial charge in [-0.25, -0.2) is 8.99 Å². The molecule has 0 aromatic heterocycles. The van der Waals surface area contributed by atoms with Crippen LogP contribution in [0, 0.1) is 18.6 Å². The van der Waals surface area contributed by atoms with E-state index in [1.54, 1.807) is 6.07 Å². The van der Waals surface area contributed by atoms with Gasteiger partial charge in [0.2, 0.25) is 5.91 Å². The minimum Gasteiger partial charge on any atom is -0.326 e. The SMILES string of the molecule is CC(=O)Nc1cc(C)c(Cc2cccc(S(C)(=N)=O)c2)cc1C. The number of nitrogens with one attached hydrogen (secondary N) is 2. The lowest BCUT2D eigenvalue weighted by molar-refractivity contribution is -0.114. The smallest absolute Gasteiger partial charge is 0.221 e. The summed E-state index contributed by atoms with van der Waals surface area (Å²) in [5.41, 5.74) is 5.11. The molecule has 0 fully saturated rings. The molecule has 2 rings (SSSR count). The number of benzene rings is 2. The minimum absolute atomic E-state index is 0.0823. The zero-order valence-corrected chi connectivity index (χ0v) is 14.7. The van der Waals surface area contributed by atoms with Crippen LogP contribution in [-0.2, 0) is 20.9 Å². The highest BCUT2D eigenvalue weighted by molar-refractivity contribution is 7.91. The van der Waals surface area contributed by atoms with Crippen LogP contribution < -0.4 is 5.32 Å². The summed E-state index contributed by atoms with van der Waals surface area (Å²) in [7, 11) is -2.70. The van der Waals surface area contributed by atoms with Gasteiger partial charge < -0.3 is 5.32 Å². The van der Waals surface area contributed by atoms with Crippen molar-refractivity contribution in [3.05, 3.63) is 58.7 Å². The standard InChI is InChI=1S/C18H22N2O2S/c1-12-9-18(20-14(3)21)13(2)8-16(12)10-15-6-5-7-17(11-15)23(4,19)22/h5-9,11,19H,10H2,1-4H3,(H,20,21). The molecule has 1 unspecified atom stereocenters. The third kappa shape index (κ3) is 4.42. The fourth-order valence-electron chi connectivity index (χ4n) is 2.51. The van der Waals surface area contributed by atoms with Crippen LogP contribution >= 0.6 is 0 Å². The molecule has 0 radical (unpaired) electrons. The second-order valence-electron chi connectivity index (χ2n) is 5.94. The van der Waals surface area contributed by atoms with Gasteiger partial charge in [0.25, 0.3) is 0 Å². The van der Waals surface area contributed by atoms with Crippen LogP contribution in [-0.4, -0.2) is 16.4 Å². The maximum Gasteiger partial charge on any atom is 0.221 e. The molecule has 4 nitrogen and oxygen atoms in total. The number of amides is 1. The van der Waals surface area contributed by atoms with Crippen molar-refractivity contribution < 1.29 is 9.00 Å². The Morgan fingerprint density at radius 1 is 1.17 bits per heavy atom. The highest BCUT2D eigenvalue weighted by Crippen LogP contribution is 2.23. The summed E-state index contributed by atoms with van der Waals surface area (Å²) >= 11 is 0. The molecule has 0 aliphatic heterocycles. The molecule has 5 heteroatoms. The number of hydrogen-bond donors (Lipinski definition) is 2. The van der Waals surface area contributed by atoms with Gasteiger partial charge in [-0.2, -0.15) is 0 Å². The van der Waals surface area contributed by atoms with Crippen molar-refractivity contribution in [3.8, 4) is 0 Å². The first-order chi connectivity index (χ1) is 10.7. The summed E-state index contributed by atoms with van der Waals surface area (Å²) < 4.78 is 19.6. The normalized spacial score (nSPS) is 13.4. The Labute approximate surface area is 137 Å². The minimum atomic E-state index is -2.70. The van der Waals surface area contributed by atoms with E-state index >= 15 is 0 Å². The van der Waals surface area contributed by atoms with Gasteiger partial charge in [0.05, 0.1) is 9.73 Å². The molecule has 0 aliphatic carbocycles. The molecule has 0 saturated heterocycles. The number of hydrogen-bond acceptors (Lipinski definition) is 3. The lowest BCUT2D eigenvalue weighted by Gasteiger charge is -2.13. The van der Waals surface area contributed by atoms with Crippen LogP contribution in [0.2, 0.25) is 0 Å². The second-order valence-corrected chi connectivity index (χ2v) is 8.10. The Kier molecular flexibility index (Phi) is 4.90. The van der Waals surface area contributed by atoms with E-state index in [0.29, 0.717) is 11.3 Å². The number of carbonyl (C=O) groups excluding carboxylic acids is 1. The first kappa shape index (κ1) is 17.2. The van der Waals surface area contributed by atoms with Crippen molar-refractivity contribution in [3.63, 3.8) is 0 Å². The van der Waals surface area contributed by atoms with Crippen molar-refractivity contribution in [2.24, 2.45) is 0 Å². The molecule has 1 amide bonds. The van der Waals surface area contributed by atoms with E-state index in [9.17, 15) is 9.00 Å². The zero-order valence-electron chi connectivity index (χ0n) is 13.9. The highest BCUT2D eigenvalue weighted by Gasteiger charge is 2.09. The maximum absolute atomic E-state index is 11.9. The molecule has 0 saturated carbocycles. The molecule has 23 heavy (non-hydrogen) atoms. The summed E-state index contributed by atoms with van der Waals surface area (Å²) in [4.78, 5) is 11.8. The number of carbonyl (C=O) groups is 1. The fraction of sp³-hybridized carbons (Fsp3) is 0.278. The lowest BCUT2D eigenvalue weighted by atomic mass is 9.97.